The highest BCUT2D eigenvalue weighted by Gasteiger charge is 2.41. The van der Waals surface area contributed by atoms with Gasteiger partial charge in [0.15, 0.2) is 11.5 Å². The minimum Gasteiger partial charge on any atom is -0.493 e. The van der Waals surface area contributed by atoms with E-state index < -0.39 is 5.41 Å². The summed E-state index contributed by atoms with van der Waals surface area (Å²) in [5.41, 5.74) is 1.31. The van der Waals surface area contributed by atoms with Gasteiger partial charge in [-0.05, 0) is 31.0 Å². The molecule has 0 aromatic heterocycles. The van der Waals surface area contributed by atoms with Crippen molar-refractivity contribution in [1.82, 2.24) is 9.91 Å². The first-order chi connectivity index (χ1) is 13.9. The highest BCUT2D eigenvalue weighted by Crippen LogP contribution is 2.36. The van der Waals surface area contributed by atoms with Crippen LogP contribution in [0.1, 0.15) is 45.1 Å². The number of hydrogen-bond acceptors (Lipinski definition) is 6. The van der Waals surface area contributed by atoms with Crippen LogP contribution in [-0.4, -0.2) is 67.7 Å². The van der Waals surface area contributed by atoms with Crippen molar-refractivity contribution in [2.24, 2.45) is 10.5 Å². The van der Waals surface area contributed by atoms with Gasteiger partial charge in [0.2, 0.25) is 5.91 Å². The summed E-state index contributed by atoms with van der Waals surface area (Å²) in [5.74, 6) is 1.40. The Morgan fingerprint density at radius 1 is 1.17 bits per heavy atom. The standard InChI is InChI=1S/C22H31N3O4.ClH/c1-22(2)15-18(16-6-7-19(28-3)20(14-16)29-4)23-25(21(22)27)17-8-11-24(12-9-17)10-5-13-26;/h6-7,13-14,17H,5,8-12,15H2,1-4H3;1H. The van der Waals surface area contributed by atoms with Crippen molar-refractivity contribution in [3.63, 3.8) is 0 Å². The summed E-state index contributed by atoms with van der Waals surface area (Å²) in [6, 6.07) is 5.84. The second kappa shape index (κ2) is 10.3. The van der Waals surface area contributed by atoms with Gasteiger partial charge < -0.3 is 19.2 Å². The molecule has 0 atom stereocenters. The van der Waals surface area contributed by atoms with Crippen LogP contribution in [0.25, 0.3) is 0 Å². The van der Waals surface area contributed by atoms with Crippen LogP contribution in [0.15, 0.2) is 23.3 Å². The lowest BCUT2D eigenvalue weighted by Crippen LogP contribution is -2.52. The number of likely N-dealkylation sites (tertiary alicyclic amines) is 1. The number of aldehydes is 1. The first-order valence-electron chi connectivity index (χ1n) is 10.2. The van der Waals surface area contributed by atoms with E-state index in [1.165, 1.54) is 0 Å². The van der Waals surface area contributed by atoms with E-state index >= 15 is 0 Å². The van der Waals surface area contributed by atoms with Gasteiger partial charge in [0.05, 0.1) is 31.4 Å². The number of amides is 1. The van der Waals surface area contributed by atoms with E-state index in [0.29, 0.717) is 24.3 Å². The highest BCUT2D eigenvalue weighted by atomic mass is 35.5. The van der Waals surface area contributed by atoms with Crippen LogP contribution in [0.5, 0.6) is 11.5 Å². The maximum atomic E-state index is 13.1. The number of rotatable bonds is 7. The molecule has 0 aliphatic carbocycles. The maximum absolute atomic E-state index is 13.1. The molecule has 1 saturated heterocycles. The minimum atomic E-state index is -0.515. The van der Waals surface area contributed by atoms with Gasteiger partial charge in [0.25, 0.3) is 0 Å². The summed E-state index contributed by atoms with van der Waals surface area (Å²) in [6.07, 6.45) is 3.83. The Morgan fingerprint density at radius 3 is 2.43 bits per heavy atom. The Morgan fingerprint density at radius 2 is 1.83 bits per heavy atom. The molecule has 0 spiro atoms. The molecule has 7 nitrogen and oxygen atoms in total. The number of benzene rings is 1. The first kappa shape index (κ1) is 24.2. The molecule has 2 aliphatic rings. The lowest BCUT2D eigenvalue weighted by molar-refractivity contribution is -0.144. The van der Waals surface area contributed by atoms with Crippen LogP contribution < -0.4 is 9.47 Å². The molecular weight excluding hydrogens is 406 g/mol. The molecule has 1 fully saturated rings. The fraction of sp³-hybridized carbons (Fsp3) is 0.591. The third-order valence-electron chi connectivity index (χ3n) is 5.81. The Balaban J connectivity index is 0.00000320. The largest absolute Gasteiger partial charge is 0.493 e. The summed E-state index contributed by atoms with van der Waals surface area (Å²) < 4.78 is 10.8. The molecule has 166 valence electrons. The number of hydrogen-bond donors (Lipinski definition) is 0. The lowest BCUT2D eigenvalue weighted by Gasteiger charge is -2.41. The summed E-state index contributed by atoms with van der Waals surface area (Å²) in [6.45, 7) is 6.51. The van der Waals surface area contributed by atoms with Crippen molar-refractivity contribution in [2.45, 2.75) is 45.6 Å². The molecule has 0 radical (unpaired) electrons. The number of carbonyl (C=O) groups excluding carboxylic acids is 2. The number of nitrogens with zero attached hydrogens (tertiary/aromatic N) is 3. The molecule has 0 N–H and O–H groups in total. The van der Waals surface area contributed by atoms with Crippen molar-refractivity contribution in [1.29, 1.82) is 0 Å². The number of halogens is 1. The second-order valence-corrected chi connectivity index (χ2v) is 8.35. The fourth-order valence-corrected chi connectivity index (χ4v) is 4.06. The zero-order chi connectivity index (χ0) is 21.0. The number of ether oxygens (including phenoxy) is 2. The third-order valence-corrected chi connectivity index (χ3v) is 5.81. The first-order valence-corrected chi connectivity index (χ1v) is 10.2. The predicted molar refractivity (Wildman–Crippen MR) is 119 cm³/mol. The zero-order valence-corrected chi connectivity index (χ0v) is 19.0. The normalized spacial score (nSPS) is 19.7. The second-order valence-electron chi connectivity index (χ2n) is 8.35. The Hall–Kier alpha value is -2.12. The van der Waals surface area contributed by atoms with E-state index in [2.05, 4.69) is 4.90 Å². The molecule has 8 heteroatoms. The molecule has 0 unspecified atom stereocenters. The topological polar surface area (TPSA) is 71.4 Å². The van der Waals surface area contributed by atoms with Gasteiger partial charge >= 0.3 is 0 Å². The van der Waals surface area contributed by atoms with E-state index in [0.717, 1.165) is 50.0 Å². The molecule has 0 saturated carbocycles. The van der Waals surface area contributed by atoms with E-state index in [-0.39, 0.29) is 24.4 Å². The van der Waals surface area contributed by atoms with Crippen molar-refractivity contribution in [3.05, 3.63) is 23.8 Å². The molecule has 1 amide bonds. The van der Waals surface area contributed by atoms with Gasteiger partial charge in [-0.1, -0.05) is 13.8 Å². The molecular formula is C22H32ClN3O4. The molecule has 2 heterocycles. The van der Waals surface area contributed by atoms with Crippen molar-refractivity contribution in [3.8, 4) is 11.5 Å². The molecule has 3 rings (SSSR count). The maximum Gasteiger partial charge on any atom is 0.248 e. The van der Waals surface area contributed by atoms with Gasteiger partial charge in [-0.25, -0.2) is 5.01 Å². The quantitative estimate of drug-likeness (QED) is 0.613. The van der Waals surface area contributed by atoms with Gasteiger partial charge in [-0.15, -0.1) is 12.4 Å². The smallest absolute Gasteiger partial charge is 0.248 e. The molecule has 1 aromatic rings. The van der Waals surface area contributed by atoms with E-state index in [1.807, 2.05) is 32.0 Å². The summed E-state index contributed by atoms with van der Waals surface area (Å²) in [4.78, 5) is 26.0. The Labute approximate surface area is 184 Å². The van der Waals surface area contributed by atoms with Crippen LogP contribution in [0.3, 0.4) is 0 Å². The van der Waals surface area contributed by atoms with Crippen molar-refractivity contribution >= 4 is 30.3 Å². The minimum absolute atomic E-state index is 0. The van der Waals surface area contributed by atoms with Gasteiger partial charge in [0, 0.05) is 38.0 Å². The van der Waals surface area contributed by atoms with Crippen LogP contribution in [0.4, 0.5) is 0 Å². The molecule has 1 aromatic carbocycles. The zero-order valence-electron chi connectivity index (χ0n) is 18.2. The highest BCUT2D eigenvalue weighted by molar-refractivity contribution is 6.06. The van der Waals surface area contributed by atoms with Gasteiger partial charge in [-0.2, -0.15) is 5.10 Å². The average Bonchev–Trinajstić information content (AvgIpc) is 2.74. The number of hydrazone groups is 1. The van der Waals surface area contributed by atoms with Gasteiger partial charge in [-0.3, -0.25) is 4.79 Å². The van der Waals surface area contributed by atoms with E-state index in [4.69, 9.17) is 14.6 Å². The third kappa shape index (κ3) is 5.13. The Kier molecular flexibility index (Phi) is 8.26. The lowest BCUT2D eigenvalue weighted by atomic mass is 9.82. The van der Waals surface area contributed by atoms with Crippen LogP contribution in [0.2, 0.25) is 0 Å². The number of carbonyl (C=O) groups is 2. The summed E-state index contributed by atoms with van der Waals surface area (Å²) in [5, 5.41) is 6.51. The van der Waals surface area contributed by atoms with Crippen LogP contribution >= 0.6 is 12.4 Å². The fourth-order valence-electron chi connectivity index (χ4n) is 4.06. The predicted octanol–water partition coefficient (Wildman–Crippen LogP) is 3.14. The Bertz CT molecular complexity index is 789. The number of piperidine rings is 1. The monoisotopic (exact) mass is 437 g/mol. The summed E-state index contributed by atoms with van der Waals surface area (Å²) in [7, 11) is 3.23. The molecule has 2 aliphatic heterocycles. The van der Waals surface area contributed by atoms with Gasteiger partial charge in [0.1, 0.15) is 6.29 Å². The van der Waals surface area contributed by atoms with Crippen LogP contribution in [-0.2, 0) is 9.59 Å². The SMILES string of the molecule is COc1ccc(C2=NN(C3CCN(CCC=O)CC3)C(=O)C(C)(C)C2)cc1OC.Cl. The van der Waals surface area contributed by atoms with E-state index in [9.17, 15) is 9.59 Å². The number of methoxy groups -OCH3 is 2. The van der Waals surface area contributed by atoms with Crippen molar-refractivity contribution in [2.75, 3.05) is 33.9 Å². The average molecular weight is 438 g/mol. The van der Waals surface area contributed by atoms with Crippen molar-refractivity contribution < 1.29 is 19.1 Å². The molecule has 0 bridgehead atoms. The van der Waals surface area contributed by atoms with E-state index in [1.54, 1.807) is 19.2 Å². The van der Waals surface area contributed by atoms with Crippen LogP contribution in [0, 0.1) is 5.41 Å². The summed E-state index contributed by atoms with van der Waals surface area (Å²) >= 11 is 0. The molecule has 30 heavy (non-hydrogen) atoms.